The van der Waals surface area contributed by atoms with E-state index in [-0.39, 0.29) is 5.92 Å². The third kappa shape index (κ3) is 4.05. The summed E-state index contributed by atoms with van der Waals surface area (Å²) in [6.45, 7) is 2.93. The van der Waals surface area contributed by atoms with Crippen LogP contribution in [0.5, 0.6) is 0 Å². The smallest absolute Gasteiger partial charge is 0.404 e. The van der Waals surface area contributed by atoms with Gasteiger partial charge in [0.1, 0.15) is 0 Å². The van der Waals surface area contributed by atoms with Crippen molar-refractivity contribution in [3.63, 3.8) is 0 Å². The standard InChI is InChI=1S/C10H19NO4/c1-7(11-10(13)14)9(12)8-4-2-3-5-15-6-8/h7-9,11-12H,2-6H2,1H3,(H,13,14)/t7?,8-,9+/m1/s1. The molecule has 1 fully saturated rings. The minimum atomic E-state index is -1.10. The van der Waals surface area contributed by atoms with E-state index in [2.05, 4.69) is 5.32 Å². The number of hydrogen-bond donors (Lipinski definition) is 3. The Kier molecular flexibility index (Phi) is 4.84. The number of rotatable bonds is 3. The fourth-order valence-corrected chi connectivity index (χ4v) is 1.89. The zero-order chi connectivity index (χ0) is 11.3. The molecule has 0 aromatic heterocycles. The van der Waals surface area contributed by atoms with Gasteiger partial charge in [-0.2, -0.15) is 0 Å². The summed E-state index contributed by atoms with van der Waals surface area (Å²) in [4.78, 5) is 10.4. The SMILES string of the molecule is CC(NC(=O)O)[C@H](O)[C@@H]1CCCCOC1. The maximum Gasteiger partial charge on any atom is 0.404 e. The van der Waals surface area contributed by atoms with Crippen LogP contribution in [-0.4, -0.2) is 41.7 Å². The second-order valence-electron chi connectivity index (χ2n) is 4.06. The first-order valence-corrected chi connectivity index (χ1v) is 5.36. The molecule has 1 rings (SSSR count). The van der Waals surface area contributed by atoms with E-state index in [1.165, 1.54) is 0 Å². The van der Waals surface area contributed by atoms with Crippen LogP contribution in [0.3, 0.4) is 0 Å². The Morgan fingerprint density at radius 1 is 1.53 bits per heavy atom. The van der Waals surface area contributed by atoms with E-state index in [0.29, 0.717) is 6.61 Å². The van der Waals surface area contributed by atoms with Gasteiger partial charge in [-0.05, 0) is 19.8 Å². The van der Waals surface area contributed by atoms with E-state index in [0.717, 1.165) is 25.9 Å². The van der Waals surface area contributed by atoms with Crippen molar-refractivity contribution < 1.29 is 19.7 Å². The number of nitrogens with one attached hydrogen (secondary N) is 1. The topological polar surface area (TPSA) is 78.8 Å². The monoisotopic (exact) mass is 217 g/mol. The number of carboxylic acid groups (broad SMARTS) is 1. The van der Waals surface area contributed by atoms with Gasteiger partial charge in [-0.3, -0.25) is 0 Å². The number of aliphatic hydroxyl groups is 1. The molecule has 88 valence electrons. The molecule has 5 heteroatoms. The average molecular weight is 217 g/mol. The second-order valence-corrected chi connectivity index (χ2v) is 4.06. The minimum Gasteiger partial charge on any atom is -0.465 e. The molecule has 0 aromatic rings. The van der Waals surface area contributed by atoms with Gasteiger partial charge in [0.2, 0.25) is 0 Å². The van der Waals surface area contributed by atoms with Crippen LogP contribution in [0.25, 0.3) is 0 Å². The molecule has 1 heterocycles. The van der Waals surface area contributed by atoms with Gasteiger partial charge in [0.15, 0.2) is 0 Å². The Balaban J connectivity index is 2.42. The van der Waals surface area contributed by atoms with Crippen molar-refractivity contribution >= 4 is 6.09 Å². The van der Waals surface area contributed by atoms with Crippen molar-refractivity contribution in [1.82, 2.24) is 5.32 Å². The maximum atomic E-state index is 10.4. The fraction of sp³-hybridized carbons (Fsp3) is 0.900. The molecule has 1 amide bonds. The lowest BCUT2D eigenvalue weighted by Crippen LogP contribution is -2.45. The fourth-order valence-electron chi connectivity index (χ4n) is 1.89. The van der Waals surface area contributed by atoms with Gasteiger partial charge < -0.3 is 20.3 Å². The van der Waals surface area contributed by atoms with Crippen LogP contribution in [0.4, 0.5) is 4.79 Å². The quantitative estimate of drug-likeness (QED) is 0.654. The number of carbonyl (C=O) groups is 1. The van der Waals surface area contributed by atoms with Crippen LogP contribution in [0.15, 0.2) is 0 Å². The van der Waals surface area contributed by atoms with Gasteiger partial charge in [0, 0.05) is 12.5 Å². The lowest BCUT2D eigenvalue weighted by atomic mass is 9.93. The maximum absolute atomic E-state index is 10.4. The Morgan fingerprint density at radius 3 is 2.93 bits per heavy atom. The number of ether oxygens (including phenoxy) is 1. The van der Waals surface area contributed by atoms with Gasteiger partial charge in [0.05, 0.1) is 18.8 Å². The highest BCUT2D eigenvalue weighted by Gasteiger charge is 2.26. The van der Waals surface area contributed by atoms with Crippen LogP contribution < -0.4 is 5.32 Å². The highest BCUT2D eigenvalue weighted by molar-refractivity contribution is 5.64. The van der Waals surface area contributed by atoms with Crippen LogP contribution in [0, 0.1) is 5.92 Å². The first kappa shape index (κ1) is 12.3. The zero-order valence-corrected chi connectivity index (χ0v) is 8.98. The van der Waals surface area contributed by atoms with Gasteiger partial charge in [-0.25, -0.2) is 4.79 Å². The van der Waals surface area contributed by atoms with Gasteiger partial charge >= 0.3 is 6.09 Å². The molecular formula is C10H19NO4. The highest BCUT2D eigenvalue weighted by Crippen LogP contribution is 2.19. The molecule has 1 unspecified atom stereocenters. The molecule has 1 aliphatic heterocycles. The third-order valence-electron chi connectivity index (χ3n) is 2.79. The molecule has 15 heavy (non-hydrogen) atoms. The minimum absolute atomic E-state index is 0.0364. The summed E-state index contributed by atoms with van der Waals surface area (Å²) in [6.07, 6.45) is 1.17. The van der Waals surface area contributed by atoms with Gasteiger partial charge in [-0.15, -0.1) is 0 Å². The van der Waals surface area contributed by atoms with Crippen molar-refractivity contribution in [2.75, 3.05) is 13.2 Å². The molecule has 5 nitrogen and oxygen atoms in total. The Morgan fingerprint density at radius 2 is 2.27 bits per heavy atom. The van der Waals surface area contributed by atoms with Crippen molar-refractivity contribution in [3.8, 4) is 0 Å². The Hall–Kier alpha value is -0.810. The molecule has 3 atom stereocenters. The normalized spacial score (nSPS) is 26.4. The molecule has 1 aliphatic rings. The van der Waals surface area contributed by atoms with Gasteiger partial charge in [-0.1, -0.05) is 6.42 Å². The summed E-state index contributed by atoms with van der Waals surface area (Å²) in [6, 6.07) is -0.450. The molecule has 3 N–H and O–H groups in total. The summed E-state index contributed by atoms with van der Waals surface area (Å²) >= 11 is 0. The van der Waals surface area contributed by atoms with Crippen molar-refractivity contribution in [2.45, 2.75) is 38.3 Å². The molecule has 0 aromatic carbocycles. The summed E-state index contributed by atoms with van der Waals surface area (Å²) in [5.41, 5.74) is 0. The van der Waals surface area contributed by atoms with Gasteiger partial charge in [0.25, 0.3) is 0 Å². The van der Waals surface area contributed by atoms with E-state index < -0.39 is 18.2 Å². The second kappa shape index (κ2) is 5.92. The van der Waals surface area contributed by atoms with E-state index in [1.54, 1.807) is 6.92 Å². The Labute approximate surface area is 89.4 Å². The molecule has 0 aliphatic carbocycles. The number of amides is 1. The average Bonchev–Trinajstić information content (AvgIpc) is 2.43. The summed E-state index contributed by atoms with van der Waals surface area (Å²) in [5.74, 6) is 0.0364. The predicted molar refractivity (Wildman–Crippen MR) is 54.8 cm³/mol. The summed E-state index contributed by atoms with van der Waals surface area (Å²) in [7, 11) is 0. The molecule has 0 bridgehead atoms. The molecule has 0 spiro atoms. The zero-order valence-electron chi connectivity index (χ0n) is 8.98. The van der Waals surface area contributed by atoms with Crippen LogP contribution >= 0.6 is 0 Å². The Bertz CT molecular complexity index is 202. The summed E-state index contributed by atoms with van der Waals surface area (Å²) < 4.78 is 5.35. The summed E-state index contributed by atoms with van der Waals surface area (Å²) in [5, 5.41) is 20.7. The van der Waals surface area contributed by atoms with Crippen LogP contribution in [0.1, 0.15) is 26.2 Å². The lowest BCUT2D eigenvalue weighted by Gasteiger charge is -2.26. The number of aliphatic hydroxyl groups excluding tert-OH is 1. The first-order chi connectivity index (χ1) is 7.11. The molecule has 0 radical (unpaired) electrons. The molecule has 0 saturated carbocycles. The van der Waals surface area contributed by atoms with Crippen LogP contribution in [0.2, 0.25) is 0 Å². The number of hydrogen-bond acceptors (Lipinski definition) is 3. The molecule has 1 saturated heterocycles. The first-order valence-electron chi connectivity index (χ1n) is 5.36. The third-order valence-corrected chi connectivity index (χ3v) is 2.79. The lowest BCUT2D eigenvalue weighted by molar-refractivity contribution is 0.0215. The van der Waals surface area contributed by atoms with E-state index in [9.17, 15) is 9.90 Å². The largest absolute Gasteiger partial charge is 0.465 e. The van der Waals surface area contributed by atoms with E-state index >= 15 is 0 Å². The predicted octanol–water partition coefficient (Wildman–Crippen LogP) is 0.820. The molecular weight excluding hydrogens is 198 g/mol. The van der Waals surface area contributed by atoms with E-state index in [1.807, 2.05) is 0 Å². The van der Waals surface area contributed by atoms with E-state index in [4.69, 9.17) is 9.84 Å². The van der Waals surface area contributed by atoms with Crippen molar-refractivity contribution in [1.29, 1.82) is 0 Å². The highest BCUT2D eigenvalue weighted by atomic mass is 16.5. The van der Waals surface area contributed by atoms with Crippen molar-refractivity contribution in [3.05, 3.63) is 0 Å². The van der Waals surface area contributed by atoms with Crippen molar-refractivity contribution in [2.24, 2.45) is 5.92 Å². The van der Waals surface area contributed by atoms with Crippen LogP contribution in [-0.2, 0) is 4.74 Å².